The van der Waals surface area contributed by atoms with Crippen molar-refractivity contribution < 1.29 is 29.0 Å². The van der Waals surface area contributed by atoms with Crippen molar-refractivity contribution in [2.24, 2.45) is 17.8 Å². The lowest BCUT2D eigenvalue weighted by Crippen LogP contribution is -2.56. The molecule has 3 heterocycles. The summed E-state index contributed by atoms with van der Waals surface area (Å²) in [7, 11) is 0. The zero-order valence-corrected chi connectivity index (χ0v) is 22.2. The normalized spacial score (nSPS) is 32.4. The van der Waals surface area contributed by atoms with E-state index in [4.69, 9.17) is 9.47 Å². The third-order valence-corrected chi connectivity index (χ3v) is 8.37. The van der Waals surface area contributed by atoms with Crippen LogP contribution in [0.1, 0.15) is 65.7 Å². The van der Waals surface area contributed by atoms with Crippen molar-refractivity contribution in [3.05, 3.63) is 25.3 Å². The van der Waals surface area contributed by atoms with E-state index in [1.54, 1.807) is 22.0 Å². The van der Waals surface area contributed by atoms with Crippen LogP contribution in [-0.4, -0.2) is 82.8 Å². The molecule has 0 aliphatic carbocycles. The highest BCUT2D eigenvalue weighted by Crippen LogP contribution is 2.65. The fourth-order valence-corrected chi connectivity index (χ4v) is 6.52. The molecule has 8 nitrogen and oxygen atoms in total. The first-order chi connectivity index (χ1) is 17.2. The molecule has 8 heteroatoms. The van der Waals surface area contributed by atoms with Crippen LogP contribution in [0.2, 0.25) is 0 Å². The first-order valence-corrected chi connectivity index (χ1v) is 13.5. The number of unbranched alkanes of at least 4 members (excludes halogenated alkanes) is 3. The van der Waals surface area contributed by atoms with Gasteiger partial charge in [-0.25, -0.2) is 0 Å². The molecule has 3 unspecified atom stereocenters. The summed E-state index contributed by atoms with van der Waals surface area (Å²) in [5, 5.41) is 9.33. The number of nitrogens with zero attached hydrogens (tertiary/aromatic N) is 2. The number of aliphatic hydroxyl groups is 1. The molecule has 3 rings (SSSR count). The number of carbonyl (C=O) groups is 3. The number of likely N-dealkylation sites (tertiary alicyclic amines) is 1. The van der Waals surface area contributed by atoms with Crippen molar-refractivity contribution in [3.63, 3.8) is 0 Å². The number of amides is 2. The molecule has 1 spiro atoms. The van der Waals surface area contributed by atoms with Crippen LogP contribution in [0, 0.1) is 17.8 Å². The fraction of sp³-hybridized carbons (Fsp3) is 0.750. The molecule has 2 bridgehead atoms. The number of hydrogen-bond donors (Lipinski definition) is 1. The number of carbonyl (C=O) groups excluding carboxylic acids is 3. The van der Waals surface area contributed by atoms with Gasteiger partial charge in [0.05, 0.1) is 18.1 Å². The molecule has 36 heavy (non-hydrogen) atoms. The molecule has 3 saturated heterocycles. The minimum Gasteiger partial charge on any atom is -0.465 e. The summed E-state index contributed by atoms with van der Waals surface area (Å²) in [6.45, 7) is 15.0. The van der Waals surface area contributed by atoms with Crippen LogP contribution in [0.3, 0.4) is 0 Å². The highest BCUT2D eigenvalue weighted by atomic mass is 16.6. The standard InChI is InChI=1S/C28H44N2O6/c1-6-9-11-15-29(14-8-3)25(33)23-28-19-20(4)27(5,36-28)22(26(34)35-18-10-7-2)21(28)24(32)30(23)16-12-13-17-31/h7-8,20-23,31H,2-3,6,9-19H2,1,4-5H3/t20?,21-,22-,23?,27+,28?/m0/s1. The lowest BCUT2D eigenvalue weighted by molar-refractivity contribution is -0.162. The van der Waals surface area contributed by atoms with E-state index in [0.29, 0.717) is 45.3 Å². The van der Waals surface area contributed by atoms with Crippen LogP contribution in [-0.2, 0) is 23.9 Å². The van der Waals surface area contributed by atoms with E-state index in [2.05, 4.69) is 20.1 Å². The summed E-state index contributed by atoms with van der Waals surface area (Å²) < 4.78 is 12.3. The van der Waals surface area contributed by atoms with Gasteiger partial charge in [0.15, 0.2) is 0 Å². The second-order valence-electron chi connectivity index (χ2n) is 10.7. The summed E-state index contributed by atoms with van der Waals surface area (Å²) in [6.07, 6.45) is 8.44. The molecule has 0 saturated carbocycles. The van der Waals surface area contributed by atoms with Gasteiger partial charge >= 0.3 is 5.97 Å². The zero-order valence-electron chi connectivity index (χ0n) is 22.2. The van der Waals surface area contributed by atoms with Crippen LogP contribution in [0.4, 0.5) is 0 Å². The smallest absolute Gasteiger partial charge is 0.312 e. The Bertz CT molecular complexity index is 846. The number of hydrogen-bond acceptors (Lipinski definition) is 6. The number of esters is 1. The Kier molecular flexibility index (Phi) is 9.39. The Balaban J connectivity index is 2.00. The first kappa shape index (κ1) is 28.4. The summed E-state index contributed by atoms with van der Waals surface area (Å²) in [6, 6.07) is -0.814. The second-order valence-corrected chi connectivity index (χ2v) is 10.7. The molecule has 0 aromatic heterocycles. The van der Waals surface area contributed by atoms with Crippen LogP contribution in [0.15, 0.2) is 25.3 Å². The van der Waals surface area contributed by atoms with Crippen molar-refractivity contribution >= 4 is 17.8 Å². The third kappa shape index (κ3) is 4.86. The Hall–Kier alpha value is -2.19. The topological polar surface area (TPSA) is 96.4 Å². The maximum absolute atomic E-state index is 14.2. The minimum absolute atomic E-state index is 0.0126. The average molecular weight is 505 g/mol. The Labute approximate surface area is 215 Å². The number of aliphatic hydroxyl groups excluding tert-OH is 1. The van der Waals surface area contributed by atoms with Crippen molar-refractivity contribution in [2.75, 3.05) is 32.8 Å². The van der Waals surface area contributed by atoms with Crippen LogP contribution >= 0.6 is 0 Å². The van der Waals surface area contributed by atoms with E-state index >= 15 is 0 Å². The van der Waals surface area contributed by atoms with Crippen LogP contribution in [0.5, 0.6) is 0 Å². The van der Waals surface area contributed by atoms with Gasteiger partial charge in [-0.1, -0.05) is 38.8 Å². The summed E-state index contributed by atoms with van der Waals surface area (Å²) in [5.41, 5.74) is -1.96. The maximum Gasteiger partial charge on any atom is 0.312 e. The molecule has 0 aromatic carbocycles. The van der Waals surface area contributed by atoms with Gasteiger partial charge < -0.3 is 24.4 Å². The fourth-order valence-electron chi connectivity index (χ4n) is 6.52. The van der Waals surface area contributed by atoms with Gasteiger partial charge in [0.25, 0.3) is 0 Å². The van der Waals surface area contributed by atoms with E-state index in [1.165, 1.54) is 0 Å². The molecule has 202 valence electrons. The van der Waals surface area contributed by atoms with Crippen LogP contribution in [0.25, 0.3) is 0 Å². The largest absolute Gasteiger partial charge is 0.465 e. The number of rotatable bonds is 15. The van der Waals surface area contributed by atoms with Crippen molar-refractivity contribution in [3.8, 4) is 0 Å². The highest BCUT2D eigenvalue weighted by molar-refractivity contribution is 5.98. The van der Waals surface area contributed by atoms with Crippen molar-refractivity contribution in [2.45, 2.75) is 83.0 Å². The molecule has 2 amide bonds. The number of fused-ring (bicyclic) bond motifs is 1. The quantitative estimate of drug-likeness (QED) is 0.209. The van der Waals surface area contributed by atoms with Gasteiger partial charge in [-0.15, -0.1) is 13.2 Å². The Morgan fingerprint density at radius 2 is 2.00 bits per heavy atom. The molecule has 0 aromatic rings. The summed E-state index contributed by atoms with van der Waals surface area (Å²) in [4.78, 5) is 44.9. The van der Waals surface area contributed by atoms with E-state index in [9.17, 15) is 19.5 Å². The molecular formula is C28H44N2O6. The molecule has 0 radical (unpaired) electrons. The third-order valence-electron chi connectivity index (χ3n) is 8.37. The second kappa shape index (κ2) is 11.9. The predicted octanol–water partition coefficient (Wildman–Crippen LogP) is 3.09. The van der Waals surface area contributed by atoms with Gasteiger partial charge in [0, 0.05) is 26.2 Å². The van der Waals surface area contributed by atoms with E-state index < -0.39 is 35.0 Å². The van der Waals surface area contributed by atoms with Gasteiger partial charge in [-0.05, 0) is 44.9 Å². The van der Waals surface area contributed by atoms with E-state index in [1.807, 2.05) is 13.8 Å². The average Bonchev–Trinajstić information content (AvgIpc) is 3.35. The minimum atomic E-state index is -1.08. The molecule has 3 fully saturated rings. The molecule has 6 atom stereocenters. The van der Waals surface area contributed by atoms with Gasteiger partial charge in [-0.2, -0.15) is 0 Å². The zero-order chi connectivity index (χ0) is 26.5. The van der Waals surface area contributed by atoms with Gasteiger partial charge in [0.2, 0.25) is 11.8 Å². The summed E-state index contributed by atoms with van der Waals surface area (Å²) in [5.74, 6) is -2.38. The molecule has 3 aliphatic rings. The lowest BCUT2D eigenvalue weighted by atomic mass is 9.62. The Morgan fingerprint density at radius 1 is 1.25 bits per heavy atom. The van der Waals surface area contributed by atoms with Crippen molar-refractivity contribution in [1.82, 2.24) is 9.80 Å². The van der Waals surface area contributed by atoms with Gasteiger partial charge in [-0.3, -0.25) is 14.4 Å². The molecular weight excluding hydrogens is 460 g/mol. The highest BCUT2D eigenvalue weighted by Gasteiger charge is 2.80. The first-order valence-electron chi connectivity index (χ1n) is 13.5. The van der Waals surface area contributed by atoms with Gasteiger partial charge in [0.1, 0.15) is 17.6 Å². The maximum atomic E-state index is 14.2. The molecule has 3 aliphatic heterocycles. The SMILES string of the molecule is C=CCCOC(=O)[C@@H]1[C@H]2C(=O)N(CCCCO)C(C(=O)N(CC=C)CCCCC)C23CC(C)[C@@]1(C)O3. The van der Waals surface area contributed by atoms with Crippen LogP contribution < -0.4 is 0 Å². The predicted molar refractivity (Wildman–Crippen MR) is 137 cm³/mol. The summed E-state index contributed by atoms with van der Waals surface area (Å²) >= 11 is 0. The van der Waals surface area contributed by atoms with Crippen molar-refractivity contribution in [1.29, 1.82) is 0 Å². The Morgan fingerprint density at radius 3 is 2.64 bits per heavy atom. The van der Waals surface area contributed by atoms with E-state index in [-0.39, 0.29) is 30.9 Å². The lowest BCUT2D eigenvalue weighted by Gasteiger charge is -2.37. The molecule has 1 N–H and O–H groups in total. The van der Waals surface area contributed by atoms with E-state index in [0.717, 1.165) is 19.3 Å². The number of ether oxygens (including phenoxy) is 2. The monoisotopic (exact) mass is 504 g/mol.